The fourth-order valence-corrected chi connectivity index (χ4v) is 4.30. The van der Waals surface area contributed by atoms with E-state index < -0.39 is 0 Å². The van der Waals surface area contributed by atoms with Gasteiger partial charge in [0.25, 0.3) is 0 Å². The quantitative estimate of drug-likeness (QED) is 0.873. The molecule has 0 radical (unpaired) electrons. The molecule has 106 valence electrons. The fraction of sp³-hybridized carbons (Fsp3) is 0.812. The van der Waals surface area contributed by atoms with Crippen LogP contribution in [0.1, 0.15) is 83.1 Å². The Labute approximate surface area is 116 Å². The molecule has 0 saturated heterocycles. The van der Waals surface area contributed by atoms with Gasteiger partial charge < -0.3 is 10.7 Å². The normalized spacial score (nSPS) is 32.9. The number of nitrogens with one attached hydrogen (secondary N) is 1. The first-order valence-electron chi connectivity index (χ1n) is 7.63. The number of hydrogen-bond donors (Lipinski definition) is 2. The molecule has 1 fully saturated rings. The van der Waals surface area contributed by atoms with Crippen LogP contribution in [0.4, 0.5) is 0 Å². The third-order valence-electron chi connectivity index (χ3n) is 5.92. The molecule has 3 nitrogen and oxygen atoms in total. The van der Waals surface area contributed by atoms with E-state index >= 15 is 0 Å². The second-order valence-corrected chi connectivity index (χ2v) is 7.77. The maximum atomic E-state index is 6.29. The molecule has 2 aliphatic rings. The lowest BCUT2D eigenvalue weighted by Gasteiger charge is -2.34. The lowest BCUT2D eigenvalue weighted by molar-refractivity contribution is 0.225. The highest BCUT2D eigenvalue weighted by Gasteiger charge is 2.61. The predicted octanol–water partition coefficient (Wildman–Crippen LogP) is 3.63. The van der Waals surface area contributed by atoms with E-state index in [0.717, 1.165) is 12.2 Å². The largest absolute Gasteiger partial charge is 0.344 e. The van der Waals surface area contributed by atoms with E-state index in [0.29, 0.717) is 17.3 Å². The summed E-state index contributed by atoms with van der Waals surface area (Å²) in [6.07, 6.45) is 3.55. The second kappa shape index (κ2) is 3.85. The molecule has 0 aromatic carbocycles. The van der Waals surface area contributed by atoms with Gasteiger partial charge in [-0.15, -0.1) is 0 Å². The van der Waals surface area contributed by atoms with E-state index in [1.807, 2.05) is 0 Å². The van der Waals surface area contributed by atoms with Gasteiger partial charge in [0.2, 0.25) is 0 Å². The third kappa shape index (κ3) is 1.57. The van der Waals surface area contributed by atoms with Crippen LogP contribution in [0.25, 0.3) is 0 Å². The Hall–Kier alpha value is -0.830. The van der Waals surface area contributed by atoms with Crippen molar-refractivity contribution in [1.82, 2.24) is 9.97 Å². The molecule has 0 spiro atoms. The molecule has 0 amide bonds. The summed E-state index contributed by atoms with van der Waals surface area (Å²) in [5.41, 5.74) is 9.55. The van der Waals surface area contributed by atoms with Crippen molar-refractivity contribution in [1.29, 1.82) is 0 Å². The van der Waals surface area contributed by atoms with E-state index in [-0.39, 0.29) is 11.5 Å². The molecule has 2 aliphatic carbocycles. The zero-order valence-corrected chi connectivity index (χ0v) is 12.9. The first-order valence-corrected chi connectivity index (χ1v) is 7.63. The van der Waals surface area contributed by atoms with Crippen LogP contribution < -0.4 is 5.73 Å². The maximum Gasteiger partial charge on any atom is 0.123 e. The Kier molecular flexibility index (Phi) is 2.66. The van der Waals surface area contributed by atoms with E-state index in [2.05, 4.69) is 39.6 Å². The van der Waals surface area contributed by atoms with Gasteiger partial charge in [-0.2, -0.15) is 0 Å². The number of fused-ring (bicyclic) bond motifs is 5. The Balaban J connectivity index is 1.96. The summed E-state index contributed by atoms with van der Waals surface area (Å²) in [7, 11) is 0. The molecule has 1 aromatic heterocycles. The maximum absolute atomic E-state index is 6.29. The minimum absolute atomic E-state index is 0.0525. The fourth-order valence-electron chi connectivity index (χ4n) is 4.30. The summed E-state index contributed by atoms with van der Waals surface area (Å²) in [6, 6.07) is 0.0525. The summed E-state index contributed by atoms with van der Waals surface area (Å²) in [4.78, 5) is 8.49. The number of imidazole rings is 1. The zero-order valence-electron chi connectivity index (χ0n) is 12.9. The van der Waals surface area contributed by atoms with Crippen molar-refractivity contribution < 1.29 is 0 Å². The van der Waals surface area contributed by atoms with E-state index in [9.17, 15) is 0 Å². The number of nitrogens with two attached hydrogens (primary N) is 1. The highest BCUT2D eigenvalue weighted by Crippen LogP contribution is 2.66. The second-order valence-electron chi connectivity index (χ2n) is 7.77. The molecule has 3 rings (SSSR count). The standard InChI is InChI=1S/C16H27N3/c1-9(2)8-11(17)14-18-12-10-6-7-16(5,13(12)19-14)15(10,3)4/h9-11H,6-8,17H2,1-5H3,(H,18,19). The summed E-state index contributed by atoms with van der Waals surface area (Å²) >= 11 is 0. The van der Waals surface area contributed by atoms with Crippen molar-refractivity contribution in [2.24, 2.45) is 17.1 Å². The van der Waals surface area contributed by atoms with Crippen LogP contribution in [0.5, 0.6) is 0 Å². The number of H-pyrrole nitrogens is 1. The van der Waals surface area contributed by atoms with Crippen molar-refractivity contribution in [3.63, 3.8) is 0 Å². The summed E-state index contributed by atoms with van der Waals surface area (Å²) in [5, 5.41) is 0. The average Bonchev–Trinajstić information content (AvgIpc) is 2.85. The SMILES string of the molecule is CC(C)CC(N)c1nc2c([nH]1)C1CCC2(C)C1(C)C. The van der Waals surface area contributed by atoms with Gasteiger partial charge in [-0.05, 0) is 30.6 Å². The molecule has 1 aromatic rings. The van der Waals surface area contributed by atoms with Gasteiger partial charge in [0.05, 0.1) is 11.7 Å². The molecule has 19 heavy (non-hydrogen) atoms. The number of nitrogens with zero attached hydrogens (tertiary/aromatic N) is 1. The molecule has 3 unspecified atom stereocenters. The first-order chi connectivity index (χ1) is 8.77. The minimum Gasteiger partial charge on any atom is -0.344 e. The zero-order chi connectivity index (χ0) is 14.0. The van der Waals surface area contributed by atoms with Crippen LogP contribution in [0.3, 0.4) is 0 Å². The lowest BCUT2D eigenvalue weighted by Crippen LogP contribution is -2.32. The summed E-state index contributed by atoms with van der Waals surface area (Å²) in [6.45, 7) is 11.6. The average molecular weight is 261 g/mol. The van der Waals surface area contributed by atoms with E-state index in [1.165, 1.54) is 24.2 Å². The highest BCUT2D eigenvalue weighted by atomic mass is 15.0. The smallest absolute Gasteiger partial charge is 0.123 e. The summed E-state index contributed by atoms with van der Waals surface area (Å²) < 4.78 is 0. The predicted molar refractivity (Wildman–Crippen MR) is 78.1 cm³/mol. The van der Waals surface area contributed by atoms with Gasteiger partial charge in [-0.25, -0.2) is 4.98 Å². The van der Waals surface area contributed by atoms with Gasteiger partial charge >= 0.3 is 0 Å². The Morgan fingerprint density at radius 3 is 2.63 bits per heavy atom. The van der Waals surface area contributed by atoms with Gasteiger partial charge in [0.1, 0.15) is 5.82 Å². The van der Waals surface area contributed by atoms with Crippen LogP contribution in [0.15, 0.2) is 0 Å². The van der Waals surface area contributed by atoms with Crippen LogP contribution in [-0.4, -0.2) is 9.97 Å². The highest BCUT2D eigenvalue weighted by molar-refractivity contribution is 5.42. The Bertz CT molecular complexity index is 500. The molecule has 3 atom stereocenters. The first kappa shape index (κ1) is 13.2. The van der Waals surface area contributed by atoms with Crippen molar-refractivity contribution in [3.8, 4) is 0 Å². The Morgan fingerprint density at radius 2 is 2.05 bits per heavy atom. The van der Waals surface area contributed by atoms with Crippen LogP contribution in [0.2, 0.25) is 0 Å². The monoisotopic (exact) mass is 261 g/mol. The topological polar surface area (TPSA) is 54.7 Å². The molecule has 2 bridgehead atoms. The van der Waals surface area contributed by atoms with Gasteiger partial charge in [-0.1, -0.05) is 34.6 Å². The molecular formula is C16H27N3. The molecule has 3 heteroatoms. The summed E-state index contributed by atoms with van der Waals surface area (Å²) in [5.74, 6) is 2.26. The van der Waals surface area contributed by atoms with E-state index in [4.69, 9.17) is 10.7 Å². The molecule has 3 N–H and O–H groups in total. The van der Waals surface area contributed by atoms with Crippen molar-refractivity contribution in [3.05, 3.63) is 17.2 Å². The number of aromatic amines is 1. The van der Waals surface area contributed by atoms with Gasteiger partial charge in [0, 0.05) is 17.0 Å². The van der Waals surface area contributed by atoms with Crippen molar-refractivity contribution in [2.75, 3.05) is 0 Å². The van der Waals surface area contributed by atoms with Gasteiger partial charge in [-0.3, -0.25) is 0 Å². The van der Waals surface area contributed by atoms with Crippen LogP contribution >= 0.6 is 0 Å². The van der Waals surface area contributed by atoms with Crippen LogP contribution in [-0.2, 0) is 5.41 Å². The molecule has 0 aliphatic heterocycles. The van der Waals surface area contributed by atoms with Gasteiger partial charge in [0.15, 0.2) is 0 Å². The van der Waals surface area contributed by atoms with Crippen LogP contribution in [0, 0.1) is 11.3 Å². The third-order valence-corrected chi connectivity index (χ3v) is 5.92. The number of aromatic nitrogens is 2. The van der Waals surface area contributed by atoms with Crippen molar-refractivity contribution in [2.45, 2.75) is 71.3 Å². The number of hydrogen-bond acceptors (Lipinski definition) is 2. The number of rotatable bonds is 3. The lowest BCUT2D eigenvalue weighted by atomic mass is 9.70. The minimum atomic E-state index is 0.0525. The molecule has 1 heterocycles. The molecular weight excluding hydrogens is 234 g/mol. The van der Waals surface area contributed by atoms with Crippen molar-refractivity contribution >= 4 is 0 Å². The molecule has 1 saturated carbocycles. The van der Waals surface area contributed by atoms with E-state index in [1.54, 1.807) is 0 Å². The Morgan fingerprint density at radius 1 is 1.37 bits per heavy atom.